The maximum Gasteiger partial charge on any atom is 0.163 e. The van der Waals surface area contributed by atoms with Crippen molar-refractivity contribution >= 4 is 5.78 Å². The number of fused-ring (bicyclic) bond motifs is 6. The van der Waals surface area contributed by atoms with Crippen molar-refractivity contribution in [1.82, 2.24) is 5.32 Å². The number of hydrogen-bond donors (Lipinski definition) is 2. The van der Waals surface area contributed by atoms with E-state index in [9.17, 15) is 9.90 Å². The molecule has 31 heavy (non-hydrogen) atoms. The quantitative estimate of drug-likeness (QED) is 0.572. The molecule has 170 valence electrons. The first kappa shape index (κ1) is 20.6. The second-order valence-corrected chi connectivity index (χ2v) is 12.1. The van der Waals surface area contributed by atoms with Crippen LogP contribution in [0.3, 0.4) is 0 Å². The fourth-order valence-electron chi connectivity index (χ4n) is 8.93. The molecular weight excluding hydrogens is 386 g/mol. The van der Waals surface area contributed by atoms with Crippen LogP contribution in [0.5, 0.6) is 0 Å². The number of ketones is 1. The van der Waals surface area contributed by atoms with Crippen molar-refractivity contribution in [1.29, 1.82) is 0 Å². The van der Waals surface area contributed by atoms with Crippen molar-refractivity contribution in [2.75, 3.05) is 6.54 Å². The van der Waals surface area contributed by atoms with Crippen molar-refractivity contribution in [2.24, 2.45) is 35.0 Å². The zero-order chi connectivity index (χ0) is 21.7. The Kier molecular flexibility index (Phi) is 4.51. The minimum atomic E-state index is -0.263. The SMILES string of the molecule is CC1=C2C(=O)C3C(CC=C4CC(O)CC[C@@]43C)C2CC[C@]12OC1CC(C)CNC1C2C. The second kappa shape index (κ2) is 6.77. The molecule has 4 aliphatic carbocycles. The third kappa shape index (κ3) is 2.62. The Morgan fingerprint density at radius 2 is 2.03 bits per heavy atom. The highest BCUT2D eigenvalue weighted by molar-refractivity contribution is 6.02. The van der Waals surface area contributed by atoms with Crippen LogP contribution in [-0.2, 0) is 9.53 Å². The summed E-state index contributed by atoms with van der Waals surface area (Å²) in [6.45, 7) is 10.3. The molecular formula is C27H39NO3. The largest absolute Gasteiger partial charge is 0.393 e. The molecule has 2 N–H and O–H groups in total. The van der Waals surface area contributed by atoms with Crippen LogP contribution in [0.25, 0.3) is 0 Å². The Morgan fingerprint density at radius 1 is 1.23 bits per heavy atom. The fraction of sp³-hybridized carbons (Fsp3) is 0.815. The van der Waals surface area contributed by atoms with E-state index >= 15 is 0 Å². The van der Waals surface area contributed by atoms with Crippen LogP contribution >= 0.6 is 0 Å². The molecule has 2 aliphatic heterocycles. The summed E-state index contributed by atoms with van der Waals surface area (Å²) < 4.78 is 6.93. The first-order chi connectivity index (χ1) is 14.8. The lowest BCUT2D eigenvalue weighted by Crippen LogP contribution is -2.49. The van der Waals surface area contributed by atoms with Crippen molar-refractivity contribution in [3.05, 3.63) is 22.8 Å². The van der Waals surface area contributed by atoms with E-state index < -0.39 is 0 Å². The maximum atomic E-state index is 14.1. The minimum absolute atomic E-state index is 0.0653. The standard InChI is InChI=1S/C27H39NO3/c1-14-11-21-24(28-13-14)16(3)27(31-21)10-8-19-20-6-5-17-12-18(29)7-9-26(17,4)23(20)25(30)22(19)15(27)2/h5,14,16,18-21,23-24,28-29H,6-13H2,1-4H3/t14?,16?,18?,19?,20?,21?,23?,24?,26-,27-/m0/s1. The third-order valence-electron chi connectivity index (χ3n) is 10.6. The number of allylic oxidation sites excluding steroid dienone is 2. The monoisotopic (exact) mass is 425 g/mol. The van der Waals surface area contributed by atoms with Crippen LogP contribution in [0.4, 0.5) is 0 Å². The van der Waals surface area contributed by atoms with Gasteiger partial charge < -0.3 is 15.2 Å². The van der Waals surface area contributed by atoms with Crippen molar-refractivity contribution in [3.8, 4) is 0 Å². The van der Waals surface area contributed by atoms with Gasteiger partial charge in [0.25, 0.3) is 0 Å². The molecule has 0 aromatic rings. The number of nitrogens with one attached hydrogen (secondary N) is 1. The van der Waals surface area contributed by atoms with Gasteiger partial charge in [0.15, 0.2) is 5.78 Å². The molecule has 0 amide bonds. The summed E-state index contributed by atoms with van der Waals surface area (Å²) in [5.41, 5.74) is 3.43. The summed E-state index contributed by atoms with van der Waals surface area (Å²) in [5.74, 6) is 2.41. The van der Waals surface area contributed by atoms with E-state index in [1.807, 2.05) is 0 Å². The molecule has 0 radical (unpaired) electrons. The summed E-state index contributed by atoms with van der Waals surface area (Å²) in [6, 6.07) is 0.410. The highest BCUT2D eigenvalue weighted by Gasteiger charge is 2.63. The number of hydrogen-bond acceptors (Lipinski definition) is 4. The van der Waals surface area contributed by atoms with Gasteiger partial charge in [-0.15, -0.1) is 0 Å². The Hall–Kier alpha value is -0.970. The molecule has 6 rings (SSSR count). The number of aliphatic hydroxyl groups excluding tert-OH is 1. The zero-order valence-electron chi connectivity index (χ0n) is 19.6. The molecule has 0 aromatic heterocycles. The summed E-state index contributed by atoms with van der Waals surface area (Å²) >= 11 is 0. The predicted molar refractivity (Wildman–Crippen MR) is 120 cm³/mol. The predicted octanol–water partition coefficient (Wildman–Crippen LogP) is 4.18. The molecule has 4 fully saturated rings. The Bertz CT molecular complexity index is 876. The van der Waals surface area contributed by atoms with Crippen molar-refractivity contribution < 1.29 is 14.6 Å². The summed E-state index contributed by atoms with van der Waals surface area (Å²) in [7, 11) is 0. The molecule has 8 unspecified atom stereocenters. The second-order valence-electron chi connectivity index (χ2n) is 12.1. The van der Waals surface area contributed by atoms with E-state index in [0.29, 0.717) is 35.5 Å². The maximum absolute atomic E-state index is 14.1. The number of piperidine rings is 1. The summed E-state index contributed by atoms with van der Waals surface area (Å²) in [4.78, 5) is 14.1. The van der Waals surface area contributed by atoms with Gasteiger partial charge in [-0.1, -0.05) is 32.4 Å². The van der Waals surface area contributed by atoms with E-state index in [1.54, 1.807) is 0 Å². The van der Waals surface area contributed by atoms with Crippen LogP contribution in [-0.4, -0.2) is 41.3 Å². The molecule has 0 bridgehead atoms. The first-order valence-corrected chi connectivity index (χ1v) is 12.8. The van der Waals surface area contributed by atoms with Gasteiger partial charge in [-0.2, -0.15) is 0 Å². The number of ether oxygens (including phenoxy) is 1. The van der Waals surface area contributed by atoms with Gasteiger partial charge in [0.1, 0.15) is 0 Å². The van der Waals surface area contributed by atoms with E-state index in [-0.39, 0.29) is 29.1 Å². The van der Waals surface area contributed by atoms with Crippen molar-refractivity contribution in [2.45, 2.75) is 96.5 Å². The van der Waals surface area contributed by atoms with Gasteiger partial charge >= 0.3 is 0 Å². The molecule has 0 aromatic carbocycles. The van der Waals surface area contributed by atoms with Gasteiger partial charge in [-0.25, -0.2) is 0 Å². The Balaban J connectivity index is 1.39. The van der Waals surface area contributed by atoms with Crippen LogP contribution in [0, 0.1) is 35.0 Å². The number of aliphatic hydroxyl groups is 1. The number of Topliss-reactive ketones (excluding diaryl/α,β-unsaturated/α-hetero) is 1. The Morgan fingerprint density at radius 3 is 2.84 bits per heavy atom. The van der Waals surface area contributed by atoms with E-state index in [1.165, 1.54) is 11.1 Å². The van der Waals surface area contributed by atoms with Gasteiger partial charge in [-0.05, 0) is 87.2 Å². The molecule has 4 heteroatoms. The molecule has 6 aliphatic rings. The average molecular weight is 426 g/mol. The molecule has 10 atom stereocenters. The van der Waals surface area contributed by atoms with Crippen LogP contribution in [0.1, 0.15) is 72.6 Å². The van der Waals surface area contributed by atoms with E-state index in [2.05, 4.69) is 39.1 Å². The van der Waals surface area contributed by atoms with Crippen LogP contribution < -0.4 is 5.32 Å². The van der Waals surface area contributed by atoms with Gasteiger partial charge in [0.05, 0.1) is 17.8 Å². The number of rotatable bonds is 0. The highest BCUT2D eigenvalue weighted by atomic mass is 16.5. The highest BCUT2D eigenvalue weighted by Crippen LogP contribution is 2.63. The molecule has 4 nitrogen and oxygen atoms in total. The van der Waals surface area contributed by atoms with E-state index in [0.717, 1.165) is 57.1 Å². The smallest absolute Gasteiger partial charge is 0.163 e. The molecule has 2 saturated carbocycles. The van der Waals surface area contributed by atoms with E-state index in [4.69, 9.17) is 4.74 Å². The molecule has 1 spiro atoms. The number of carbonyl (C=O) groups is 1. The molecule has 2 saturated heterocycles. The fourth-order valence-corrected chi connectivity index (χ4v) is 8.93. The normalized spacial score (nSPS) is 53.7. The lowest BCUT2D eigenvalue weighted by molar-refractivity contribution is -0.123. The summed E-state index contributed by atoms with van der Waals surface area (Å²) in [5, 5.41) is 14.0. The Labute approximate surface area is 186 Å². The number of carbonyl (C=O) groups excluding carboxylic acids is 1. The summed E-state index contributed by atoms with van der Waals surface area (Å²) in [6.07, 6.45) is 9.23. The van der Waals surface area contributed by atoms with Crippen LogP contribution in [0.2, 0.25) is 0 Å². The molecule has 2 heterocycles. The first-order valence-electron chi connectivity index (χ1n) is 12.8. The lowest BCUT2D eigenvalue weighted by atomic mass is 9.56. The topological polar surface area (TPSA) is 58.6 Å². The average Bonchev–Trinajstić information content (AvgIpc) is 3.18. The van der Waals surface area contributed by atoms with Gasteiger partial charge in [0, 0.05) is 23.5 Å². The van der Waals surface area contributed by atoms with Crippen LogP contribution in [0.15, 0.2) is 22.8 Å². The zero-order valence-corrected chi connectivity index (χ0v) is 19.6. The van der Waals surface area contributed by atoms with Crippen molar-refractivity contribution in [3.63, 3.8) is 0 Å². The van der Waals surface area contributed by atoms with Gasteiger partial charge in [-0.3, -0.25) is 4.79 Å². The third-order valence-corrected chi connectivity index (χ3v) is 10.6. The van der Waals surface area contributed by atoms with Gasteiger partial charge in [0.2, 0.25) is 0 Å². The minimum Gasteiger partial charge on any atom is -0.393 e. The lowest BCUT2D eigenvalue weighted by Gasteiger charge is -2.48.